The lowest BCUT2D eigenvalue weighted by Crippen LogP contribution is -2.41. The smallest absolute Gasteiger partial charge is 0.269 e. The molecule has 1 saturated heterocycles. The van der Waals surface area contributed by atoms with Crippen LogP contribution in [-0.2, 0) is 0 Å². The molecule has 7 nitrogen and oxygen atoms in total. The second-order valence-electron chi connectivity index (χ2n) is 5.99. The standard InChI is InChI=1S/C18H19N3O4.ClH/c19-14-3-1-2-13(12-14)18(22)20-10-8-17(9-11-20)25-16-6-4-15(5-7-16)21(23)24;/h1-7,12,17H,8-11,19H2;1H. The van der Waals surface area contributed by atoms with E-state index in [9.17, 15) is 14.9 Å². The van der Waals surface area contributed by atoms with Crippen LogP contribution < -0.4 is 10.5 Å². The molecule has 0 saturated carbocycles. The topological polar surface area (TPSA) is 98.7 Å². The van der Waals surface area contributed by atoms with Gasteiger partial charge < -0.3 is 15.4 Å². The van der Waals surface area contributed by atoms with Crippen molar-refractivity contribution in [3.63, 3.8) is 0 Å². The number of halogens is 1. The fourth-order valence-corrected chi connectivity index (χ4v) is 2.87. The van der Waals surface area contributed by atoms with Crippen LogP contribution in [0.3, 0.4) is 0 Å². The van der Waals surface area contributed by atoms with E-state index in [0.717, 1.165) is 0 Å². The minimum atomic E-state index is -0.440. The van der Waals surface area contributed by atoms with Gasteiger partial charge in [0.1, 0.15) is 11.9 Å². The zero-order valence-electron chi connectivity index (χ0n) is 14.0. The number of hydrogen-bond acceptors (Lipinski definition) is 5. The monoisotopic (exact) mass is 377 g/mol. The lowest BCUT2D eigenvalue weighted by molar-refractivity contribution is -0.384. The Morgan fingerprint density at radius 2 is 1.81 bits per heavy atom. The van der Waals surface area contributed by atoms with Crippen molar-refractivity contribution >= 4 is 29.7 Å². The van der Waals surface area contributed by atoms with Crippen LogP contribution in [0.4, 0.5) is 11.4 Å². The van der Waals surface area contributed by atoms with Crippen molar-refractivity contribution in [2.45, 2.75) is 18.9 Å². The van der Waals surface area contributed by atoms with Crippen molar-refractivity contribution in [1.82, 2.24) is 4.90 Å². The van der Waals surface area contributed by atoms with Gasteiger partial charge >= 0.3 is 0 Å². The molecule has 3 rings (SSSR count). The van der Waals surface area contributed by atoms with E-state index in [1.165, 1.54) is 12.1 Å². The first-order valence-corrected chi connectivity index (χ1v) is 8.09. The van der Waals surface area contributed by atoms with Crippen LogP contribution in [0.15, 0.2) is 48.5 Å². The van der Waals surface area contributed by atoms with Crippen molar-refractivity contribution < 1.29 is 14.5 Å². The Morgan fingerprint density at radius 1 is 1.15 bits per heavy atom. The highest BCUT2D eigenvalue weighted by molar-refractivity contribution is 5.95. The van der Waals surface area contributed by atoms with Gasteiger partial charge in [-0.3, -0.25) is 14.9 Å². The van der Waals surface area contributed by atoms with Crippen molar-refractivity contribution in [3.8, 4) is 5.75 Å². The third-order valence-electron chi connectivity index (χ3n) is 4.21. The van der Waals surface area contributed by atoms with Gasteiger partial charge in [-0.2, -0.15) is 0 Å². The number of nitrogen functional groups attached to an aromatic ring is 1. The van der Waals surface area contributed by atoms with Gasteiger partial charge in [0.25, 0.3) is 11.6 Å². The molecule has 0 radical (unpaired) electrons. The number of non-ortho nitro benzene ring substituents is 1. The summed E-state index contributed by atoms with van der Waals surface area (Å²) < 4.78 is 5.86. The van der Waals surface area contributed by atoms with Crippen molar-refractivity contribution in [3.05, 3.63) is 64.2 Å². The zero-order valence-corrected chi connectivity index (χ0v) is 14.9. The van der Waals surface area contributed by atoms with Gasteiger partial charge in [0.05, 0.1) is 4.92 Å². The summed E-state index contributed by atoms with van der Waals surface area (Å²) in [5, 5.41) is 10.7. The van der Waals surface area contributed by atoms with E-state index in [0.29, 0.717) is 42.9 Å². The number of rotatable bonds is 4. The molecule has 138 valence electrons. The quantitative estimate of drug-likeness (QED) is 0.500. The fraction of sp³-hybridized carbons (Fsp3) is 0.278. The summed E-state index contributed by atoms with van der Waals surface area (Å²) in [6.07, 6.45) is 1.42. The van der Waals surface area contributed by atoms with Crippen LogP contribution in [0.1, 0.15) is 23.2 Å². The summed E-state index contributed by atoms with van der Waals surface area (Å²) in [5.41, 5.74) is 6.93. The van der Waals surface area contributed by atoms with Gasteiger partial charge in [-0.25, -0.2) is 0 Å². The second-order valence-corrected chi connectivity index (χ2v) is 5.99. The van der Waals surface area contributed by atoms with Crippen molar-refractivity contribution in [2.24, 2.45) is 0 Å². The molecule has 1 aliphatic rings. The van der Waals surface area contributed by atoms with Gasteiger partial charge in [-0.15, -0.1) is 12.4 Å². The van der Waals surface area contributed by atoms with Crippen LogP contribution in [0.5, 0.6) is 5.75 Å². The number of carbonyl (C=O) groups is 1. The van der Waals surface area contributed by atoms with Crippen LogP contribution >= 0.6 is 12.4 Å². The van der Waals surface area contributed by atoms with Crippen LogP contribution in [-0.4, -0.2) is 34.9 Å². The summed E-state index contributed by atoms with van der Waals surface area (Å²) in [6.45, 7) is 1.20. The number of hydrogen-bond donors (Lipinski definition) is 1. The van der Waals surface area contributed by atoms with E-state index in [2.05, 4.69) is 0 Å². The Bertz CT molecular complexity index is 774. The number of benzene rings is 2. The average Bonchev–Trinajstić information content (AvgIpc) is 2.62. The Hall–Kier alpha value is -2.80. The number of nitrogens with two attached hydrogens (primary N) is 1. The fourth-order valence-electron chi connectivity index (χ4n) is 2.87. The third kappa shape index (κ3) is 4.64. The number of amides is 1. The van der Waals surface area contributed by atoms with Gasteiger partial charge in [0.2, 0.25) is 0 Å². The number of anilines is 1. The first-order valence-electron chi connectivity index (χ1n) is 8.09. The van der Waals surface area contributed by atoms with Gasteiger partial charge in [-0.1, -0.05) is 6.07 Å². The number of nitrogens with zero attached hydrogens (tertiary/aromatic N) is 2. The summed E-state index contributed by atoms with van der Waals surface area (Å²) in [6, 6.07) is 13.0. The molecule has 0 aliphatic carbocycles. The van der Waals surface area contributed by atoms with Gasteiger partial charge in [0.15, 0.2) is 0 Å². The summed E-state index contributed by atoms with van der Waals surface area (Å²) in [5.74, 6) is 0.576. The maximum atomic E-state index is 12.5. The summed E-state index contributed by atoms with van der Waals surface area (Å²) in [4.78, 5) is 24.5. The van der Waals surface area contributed by atoms with E-state index in [4.69, 9.17) is 10.5 Å². The maximum absolute atomic E-state index is 12.5. The first kappa shape index (κ1) is 19.5. The average molecular weight is 378 g/mol. The third-order valence-corrected chi connectivity index (χ3v) is 4.21. The molecule has 26 heavy (non-hydrogen) atoms. The molecule has 1 heterocycles. The number of piperidine rings is 1. The minimum absolute atomic E-state index is 0. The molecule has 2 N–H and O–H groups in total. The van der Waals surface area contributed by atoms with Crippen LogP contribution in [0.2, 0.25) is 0 Å². The molecule has 1 fully saturated rings. The van der Waals surface area contributed by atoms with Crippen molar-refractivity contribution in [1.29, 1.82) is 0 Å². The van der Waals surface area contributed by atoms with Crippen LogP contribution in [0, 0.1) is 10.1 Å². The Balaban J connectivity index is 0.00000243. The number of carbonyl (C=O) groups excluding carboxylic acids is 1. The van der Waals surface area contributed by atoms with Crippen molar-refractivity contribution in [2.75, 3.05) is 18.8 Å². The molecule has 0 spiro atoms. The molecule has 8 heteroatoms. The predicted octanol–water partition coefficient (Wildman–Crippen LogP) is 3.28. The number of ether oxygens (including phenoxy) is 1. The van der Waals surface area contributed by atoms with Gasteiger partial charge in [0, 0.05) is 49.3 Å². The van der Waals surface area contributed by atoms with E-state index >= 15 is 0 Å². The highest BCUT2D eigenvalue weighted by atomic mass is 35.5. The second kappa shape index (κ2) is 8.53. The Kier molecular flexibility index (Phi) is 6.41. The lowest BCUT2D eigenvalue weighted by Gasteiger charge is -2.32. The van der Waals surface area contributed by atoms with E-state index in [1.807, 2.05) is 0 Å². The lowest BCUT2D eigenvalue weighted by atomic mass is 10.1. The first-order chi connectivity index (χ1) is 12.0. The largest absolute Gasteiger partial charge is 0.490 e. The molecule has 0 atom stereocenters. The van der Waals surface area contributed by atoms with E-state index in [-0.39, 0.29) is 30.1 Å². The summed E-state index contributed by atoms with van der Waals surface area (Å²) in [7, 11) is 0. The van der Waals surface area contributed by atoms with E-state index in [1.54, 1.807) is 41.3 Å². The molecule has 2 aromatic carbocycles. The number of likely N-dealkylation sites (tertiary alicyclic amines) is 1. The maximum Gasteiger partial charge on any atom is 0.269 e. The highest BCUT2D eigenvalue weighted by Crippen LogP contribution is 2.23. The molecule has 0 aromatic heterocycles. The van der Waals surface area contributed by atoms with E-state index < -0.39 is 4.92 Å². The normalized spacial score (nSPS) is 14.4. The van der Waals surface area contributed by atoms with Crippen LogP contribution in [0.25, 0.3) is 0 Å². The molecule has 1 aliphatic heterocycles. The zero-order chi connectivity index (χ0) is 17.8. The number of nitro benzene ring substituents is 1. The molecule has 1 amide bonds. The highest BCUT2D eigenvalue weighted by Gasteiger charge is 2.24. The Labute approximate surface area is 157 Å². The molecule has 2 aromatic rings. The predicted molar refractivity (Wildman–Crippen MR) is 101 cm³/mol. The van der Waals surface area contributed by atoms with Gasteiger partial charge in [-0.05, 0) is 30.3 Å². The molecular weight excluding hydrogens is 358 g/mol. The SMILES string of the molecule is Cl.Nc1cccc(C(=O)N2CCC(Oc3ccc([N+](=O)[O-])cc3)CC2)c1. The Morgan fingerprint density at radius 3 is 2.38 bits per heavy atom. The molecule has 0 bridgehead atoms. The number of nitro groups is 1. The molecular formula is C18H20ClN3O4. The molecule has 0 unspecified atom stereocenters. The minimum Gasteiger partial charge on any atom is -0.490 e. The summed E-state index contributed by atoms with van der Waals surface area (Å²) >= 11 is 0.